The summed E-state index contributed by atoms with van der Waals surface area (Å²) >= 11 is 5.79. The van der Waals surface area contributed by atoms with Crippen LogP contribution in [0.2, 0.25) is 5.02 Å². The number of carbonyl (C=O) groups is 3. The molecule has 168 valence electrons. The Balaban J connectivity index is 1.39. The first kappa shape index (κ1) is 23.2. The van der Waals surface area contributed by atoms with E-state index in [9.17, 15) is 24.5 Å². The van der Waals surface area contributed by atoms with Crippen molar-refractivity contribution in [2.45, 2.75) is 19.4 Å². The largest absolute Gasteiger partial charge is 0.457 e. The lowest BCUT2D eigenvalue weighted by Gasteiger charge is -2.30. The van der Waals surface area contributed by atoms with Crippen molar-refractivity contribution in [2.75, 3.05) is 19.7 Å². The predicted molar refractivity (Wildman–Crippen MR) is 114 cm³/mol. The van der Waals surface area contributed by atoms with Gasteiger partial charge in [-0.2, -0.15) is 0 Å². The Bertz CT molecular complexity index is 984. The summed E-state index contributed by atoms with van der Waals surface area (Å²) in [6, 6.07) is 12.1. The van der Waals surface area contributed by atoms with Gasteiger partial charge < -0.3 is 14.4 Å². The summed E-state index contributed by atoms with van der Waals surface area (Å²) in [6.07, 6.45) is 0.286. The van der Waals surface area contributed by atoms with Gasteiger partial charge in [0.2, 0.25) is 0 Å². The smallest absolute Gasteiger partial charge is 0.410 e. The lowest BCUT2D eigenvalue weighted by Crippen LogP contribution is -2.41. The van der Waals surface area contributed by atoms with Crippen molar-refractivity contribution in [3.8, 4) is 0 Å². The van der Waals surface area contributed by atoms with Gasteiger partial charge in [0.1, 0.15) is 6.61 Å². The van der Waals surface area contributed by atoms with Crippen LogP contribution in [-0.4, -0.2) is 47.4 Å². The zero-order valence-electron chi connectivity index (χ0n) is 17.1. The molecule has 3 rings (SSSR count). The van der Waals surface area contributed by atoms with E-state index in [-0.39, 0.29) is 24.7 Å². The van der Waals surface area contributed by atoms with E-state index < -0.39 is 22.9 Å². The number of non-ortho nitro benzene ring substituents is 1. The summed E-state index contributed by atoms with van der Waals surface area (Å²) in [5.41, 5.74) is 1.00. The zero-order valence-corrected chi connectivity index (χ0v) is 17.8. The third-order valence-corrected chi connectivity index (χ3v) is 5.36. The molecule has 0 bridgehead atoms. The SMILES string of the molecule is O=C(COC(=O)C1CCN(C(=O)OCc2ccc([N+](=O)[O-])cc2)CC1)c1ccc(Cl)cc1. The molecule has 0 atom stereocenters. The van der Waals surface area contributed by atoms with Crippen molar-refractivity contribution in [3.05, 3.63) is 74.8 Å². The molecule has 32 heavy (non-hydrogen) atoms. The van der Waals surface area contributed by atoms with Gasteiger partial charge in [0.15, 0.2) is 12.4 Å². The fourth-order valence-electron chi connectivity index (χ4n) is 3.22. The van der Waals surface area contributed by atoms with E-state index in [2.05, 4.69) is 0 Å². The first-order chi connectivity index (χ1) is 15.3. The van der Waals surface area contributed by atoms with Crippen LogP contribution >= 0.6 is 11.6 Å². The van der Waals surface area contributed by atoms with Crippen LogP contribution in [0, 0.1) is 16.0 Å². The molecule has 0 N–H and O–H groups in total. The number of piperidine rings is 1. The normalized spacial score (nSPS) is 14.0. The van der Waals surface area contributed by atoms with Gasteiger partial charge >= 0.3 is 12.1 Å². The summed E-state index contributed by atoms with van der Waals surface area (Å²) in [4.78, 5) is 48.3. The average Bonchev–Trinajstić information content (AvgIpc) is 2.81. The highest BCUT2D eigenvalue weighted by Gasteiger charge is 2.29. The van der Waals surface area contributed by atoms with E-state index in [1.165, 1.54) is 29.2 Å². The molecule has 1 amide bonds. The van der Waals surface area contributed by atoms with E-state index in [4.69, 9.17) is 21.1 Å². The number of nitro groups is 1. The number of likely N-dealkylation sites (tertiary alicyclic amines) is 1. The highest BCUT2D eigenvalue weighted by molar-refractivity contribution is 6.30. The van der Waals surface area contributed by atoms with Gasteiger partial charge in [0.25, 0.3) is 5.69 Å². The highest BCUT2D eigenvalue weighted by atomic mass is 35.5. The van der Waals surface area contributed by atoms with Crippen molar-refractivity contribution < 1.29 is 28.8 Å². The lowest BCUT2D eigenvalue weighted by molar-refractivity contribution is -0.384. The second-order valence-electron chi connectivity index (χ2n) is 7.28. The molecule has 0 saturated carbocycles. The highest BCUT2D eigenvalue weighted by Crippen LogP contribution is 2.20. The zero-order chi connectivity index (χ0) is 23.1. The van der Waals surface area contributed by atoms with Crippen LogP contribution in [0.5, 0.6) is 0 Å². The van der Waals surface area contributed by atoms with E-state index in [1.807, 2.05) is 0 Å². The molecule has 0 aliphatic carbocycles. The van der Waals surface area contributed by atoms with E-state index in [0.717, 1.165) is 0 Å². The number of ether oxygens (including phenoxy) is 2. The number of nitrogens with zero attached hydrogens (tertiary/aromatic N) is 2. The molecule has 0 spiro atoms. The topological polar surface area (TPSA) is 116 Å². The van der Waals surface area contributed by atoms with Crippen LogP contribution < -0.4 is 0 Å². The Morgan fingerprint density at radius 3 is 2.22 bits per heavy atom. The fraction of sp³-hybridized carbons (Fsp3) is 0.318. The van der Waals surface area contributed by atoms with Crippen LogP contribution in [0.4, 0.5) is 10.5 Å². The number of benzene rings is 2. The Labute approximate surface area is 189 Å². The average molecular weight is 461 g/mol. The maximum absolute atomic E-state index is 12.3. The van der Waals surface area contributed by atoms with Crippen LogP contribution in [-0.2, 0) is 20.9 Å². The number of hydrogen-bond acceptors (Lipinski definition) is 7. The number of halogens is 1. The molecule has 1 aliphatic rings. The van der Waals surface area contributed by atoms with Crippen molar-refractivity contribution in [3.63, 3.8) is 0 Å². The number of amides is 1. The van der Waals surface area contributed by atoms with Gasteiger partial charge in [0, 0.05) is 35.8 Å². The first-order valence-corrected chi connectivity index (χ1v) is 10.3. The molecule has 1 heterocycles. The van der Waals surface area contributed by atoms with Gasteiger partial charge in [-0.1, -0.05) is 11.6 Å². The quantitative estimate of drug-likeness (QED) is 0.265. The van der Waals surface area contributed by atoms with Gasteiger partial charge in [-0.05, 0) is 54.8 Å². The molecule has 1 aliphatic heterocycles. The van der Waals surface area contributed by atoms with Gasteiger partial charge in [-0.25, -0.2) is 4.79 Å². The number of esters is 1. The standard InChI is InChI=1S/C22H21ClN2O7/c23-18-5-3-16(4-6-18)20(26)14-31-21(27)17-9-11-24(12-10-17)22(28)32-13-15-1-7-19(8-2-15)25(29)30/h1-8,17H,9-14H2. The molecule has 0 aromatic heterocycles. The molecule has 9 nitrogen and oxygen atoms in total. The minimum Gasteiger partial charge on any atom is -0.457 e. The molecule has 2 aromatic rings. The van der Waals surface area contributed by atoms with Crippen LogP contribution in [0.1, 0.15) is 28.8 Å². The molecular formula is C22H21ClN2O7. The summed E-state index contributed by atoms with van der Waals surface area (Å²) in [5, 5.41) is 11.2. The number of ketones is 1. The third kappa shape index (κ3) is 6.27. The Morgan fingerprint density at radius 1 is 1.00 bits per heavy atom. The fourth-order valence-corrected chi connectivity index (χ4v) is 3.35. The van der Waals surface area contributed by atoms with E-state index in [0.29, 0.717) is 42.1 Å². The Kier molecular flexibility index (Phi) is 7.77. The molecular weight excluding hydrogens is 440 g/mol. The Hall–Kier alpha value is -3.46. The minimum absolute atomic E-state index is 0.00833. The lowest BCUT2D eigenvalue weighted by atomic mass is 9.97. The van der Waals surface area contributed by atoms with Crippen LogP contribution in [0.3, 0.4) is 0 Å². The monoisotopic (exact) mass is 460 g/mol. The number of carbonyl (C=O) groups excluding carboxylic acids is 3. The Morgan fingerprint density at radius 2 is 1.62 bits per heavy atom. The molecule has 10 heteroatoms. The summed E-state index contributed by atoms with van der Waals surface area (Å²) in [6.45, 7) is 0.289. The summed E-state index contributed by atoms with van der Waals surface area (Å²) in [5.74, 6) is -1.18. The molecule has 1 saturated heterocycles. The predicted octanol–water partition coefficient (Wildman–Crippen LogP) is 4.02. The van der Waals surface area contributed by atoms with E-state index >= 15 is 0 Å². The van der Waals surface area contributed by atoms with Crippen molar-refractivity contribution in [1.29, 1.82) is 0 Å². The van der Waals surface area contributed by atoms with Gasteiger partial charge in [-0.15, -0.1) is 0 Å². The number of Topliss-reactive ketones (excluding diaryl/α,β-unsaturated/α-hetero) is 1. The second kappa shape index (κ2) is 10.7. The van der Waals surface area contributed by atoms with Crippen molar-refractivity contribution in [1.82, 2.24) is 4.90 Å². The maximum atomic E-state index is 12.3. The van der Waals surface area contributed by atoms with Crippen molar-refractivity contribution >= 4 is 35.1 Å². The molecule has 0 unspecified atom stereocenters. The molecule has 1 fully saturated rings. The minimum atomic E-state index is -0.520. The van der Waals surface area contributed by atoms with Gasteiger partial charge in [-0.3, -0.25) is 19.7 Å². The molecule has 2 aromatic carbocycles. The second-order valence-corrected chi connectivity index (χ2v) is 7.71. The first-order valence-electron chi connectivity index (χ1n) is 9.94. The third-order valence-electron chi connectivity index (χ3n) is 5.11. The number of rotatable bonds is 7. The van der Waals surface area contributed by atoms with Crippen molar-refractivity contribution in [2.24, 2.45) is 5.92 Å². The van der Waals surface area contributed by atoms with E-state index in [1.54, 1.807) is 24.3 Å². The summed E-state index contributed by atoms with van der Waals surface area (Å²) < 4.78 is 10.4. The summed E-state index contributed by atoms with van der Waals surface area (Å²) in [7, 11) is 0. The number of nitro benzene ring substituents is 1. The van der Waals surface area contributed by atoms with Crippen LogP contribution in [0.25, 0.3) is 0 Å². The van der Waals surface area contributed by atoms with Crippen LogP contribution in [0.15, 0.2) is 48.5 Å². The number of hydrogen-bond donors (Lipinski definition) is 0. The maximum Gasteiger partial charge on any atom is 0.410 e. The molecule has 0 radical (unpaired) electrons. The van der Waals surface area contributed by atoms with Gasteiger partial charge in [0.05, 0.1) is 10.8 Å².